The number of nitrogens with zero attached hydrogens (tertiary/aromatic N) is 3. The predicted molar refractivity (Wildman–Crippen MR) is 46.7 cm³/mol. The van der Waals surface area contributed by atoms with Crippen molar-refractivity contribution in [1.82, 2.24) is 14.8 Å². The third kappa shape index (κ3) is 1.38. The Bertz CT molecular complexity index is 384. The monoisotopic (exact) mass is 174 g/mol. The fourth-order valence-electron chi connectivity index (χ4n) is 1.10. The summed E-state index contributed by atoms with van der Waals surface area (Å²) in [6.07, 6.45) is 4.14. The van der Waals surface area contributed by atoms with Gasteiger partial charge in [0.05, 0.1) is 7.11 Å². The number of para-hydroxylation sites is 2. The molecule has 0 saturated carbocycles. The average Bonchev–Trinajstić information content (AvgIpc) is 2.70. The van der Waals surface area contributed by atoms with Gasteiger partial charge in [-0.2, -0.15) is 5.10 Å². The Morgan fingerprint density at radius 3 is 2.92 bits per heavy atom. The molecule has 0 unspecified atom stereocenters. The number of methoxy groups -OCH3 is 1. The SMILES string of the molecule is COc1ccccc1-n1[c]ncn1. The minimum absolute atomic E-state index is 0.754. The number of hydrogen-bond donors (Lipinski definition) is 0. The Kier molecular flexibility index (Phi) is 1.96. The maximum absolute atomic E-state index is 5.16. The highest BCUT2D eigenvalue weighted by Crippen LogP contribution is 2.19. The smallest absolute Gasteiger partial charge is 0.201 e. The molecule has 0 spiro atoms. The van der Waals surface area contributed by atoms with Gasteiger partial charge in [-0.25, -0.2) is 9.67 Å². The lowest BCUT2D eigenvalue weighted by Gasteiger charge is -2.05. The molecule has 1 aromatic carbocycles. The van der Waals surface area contributed by atoms with E-state index in [9.17, 15) is 0 Å². The van der Waals surface area contributed by atoms with Crippen LogP contribution < -0.4 is 4.74 Å². The van der Waals surface area contributed by atoms with E-state index in [1.165, 1.54) is 6.33 Å². The molecule has 1 aromatic heterocycles. The van der Waals surface area contributed by atoms with Gasteiger partial charge in [-0.3, -0.25) is 0 Å². The molecule has 0 fully saturated rings. The van der Waals surface area contributed by atoms with Gasteiger partial charge in [-0.1, -0.05) is 12.1 Å². The number of rotatable bonds is 2. The lowest BCUT2D eigenvalue weighted by atomic mass is 10.3. The molecule has 0 atom stereocenters. The highest BCUT2D eigenvalue weighted by Gasteiger charge is 2.03. The van der Waals surface area contributed by atoms with Crippen LogP contribution in [0.1, 0.15) is 0 Å². The van der Waals surface area contributed by atoms with Crippen LogP contribution in [-0.2, 0) is 0 Å². The van der Waals surface area contributed by atoms with Crippen molar-refractivity contribution in [2.24, 2.45) is 0 Å². The van der Waals surface area contributed by atoms with Crippen LogP contribution in [-0.4, -0.2) is 21.9 Å². The molecule has 0 saturated heterocycles. The van der Waals surface area contributed by atoms with Gasteiger partial charge in [0, 0.05) is 0 Å². The van der Waals surface area contributed by atoms with E-state index in [1.807, 2.05) is 24.3 Å². The number of aromatic nitrogens is 3. The molecule has 13 heavy (non-hydrogen) atoms. The third-order valence-electron chi connectivity index (χ3n) is 1.69. The molecule has 1 heterocycles. The summed E-state index contributed by atoms with van der Waals surface area (Å²) in [7, 11) is 1.62. The first-order valence-corrected chi connectivity index (χ1v) is 3.83. The zero-order chi connectivity index (χ0) is 9.10. The van der Waals surface area contributed by atoms with Crippen LogP contribution in [0.2, 0.25) is 0 Å². The van der Waals surface area contributed by atoms with Gasteiger partial charge in [0.2, 0.25) is 6.33 Å². The zero-order valence-corrected chi connectivity index (χ0v) is 7.14. The minimum Gasteiger partial charge on any atom is -0.494 e. The predicted octanol–water partition coefficient (Wildman–Crippen LogP) is 1.08. The lowest BCUT2D eigenvalue weighted by Crippen LogP contribution is -1.97. The van der Waals surface area contributed by atoms with Crippen LogP contribution in [0.15, 0.2) is 30.6 Å². The molecule has 0 aliphatic heterocycles. The van der Waals surface area contributed by atoms with Gasteiger partial charge in [-0.05, 0) is 12.1 Å². The van der Waals surface area contributed by atoms with Crippen LogP contribution in [0, 0.1) is 6.33 Å². The fraction of sp³-hybridized carbons (Fsp3) is 0.111. The van der Waals surface area contributed by atoms with E-state index in [4.69, 9.17) is 4.74 Å². The zero-order valence-electron chi connectivity index (χ0n) is 7.14. The van der Waals surface area contributed by atoms with E-state index in [0.717, 1.165) is 11.4 Å². The van der Waals surface area contributed by atoms with Gasteiger partial charge in [0.25, 0.3) is 0 Å². The highest BCUT2D eigenvalue weighted by molar-refractivity contribution is 5.45. The first-order valence-electron chi connectivity index (χ1n) is 3.83. The molecule has 0 amide bonds. The molecule has 0 aliphatic carbocycles. The third-order valence-corrected chi connectivity index (χ3v) is 1.69. The molecule has 0 bridgehead atoms. The van der Waals surface area contributed by atoms with Gasteiger partial charge in [-0.15, -0.1) is 0 Å². The Hall–Kier alpha value is -1.84. The van der Waals surface area contributed by atoms with Crippen LogP contribution in [0.4, 0.5) is 0 Å². The molecule has 2 rings (SSSR count). The van der Waals surface area contributed by atoms with E-state index in [0.29, 0.717) is 0 Å². The molecular formula is C9H8N3O. The van der Waals surface area contributed by atoms with Crippen molar-refractivity contribution in [2.75, 3.05) is 7.11 Å². The molecular weight excluding hydrogens is 166 g/mol. The molecule has 65 valence electrons. The topological polar surface area (TPSA) is 39.9 Å². The number of hydrogen-bond acceptors (Lipinski definition) is 3. The van der Waals surface area contributed by atoms with E-state index in [1.54, 1.807) is 11.8 Å². The van der Waals surface area contributed by atoms with Crippen LogP contribution >= 0.6 is 0 Å². The normalized spacial score (nSPS) is 9.92. The quantitative estimate of drug-likeness (QED) is 0.683. The van der Waals surface area contributed by atoms with Gasteiger partial charge < -0.3 is 4.74 Å². The second-order valence-electron chi connectivity index (χ2n) is 2.44. The fourth-order valence-corrected chi connectivity index (χ4v) is 1.10. The standard InChI is InChI=1S/C9H8N3O/c1-13-9-5-3-2-4-8(9)12-7-10-6-11-12/h2-6H,1H3. The van der Waals surface area contributed by atoms with E-state index in [-0.39, 0.29) is 0 Å². The summed E-state index contributed by atoms with van der Waals surface area (Å²) in [6, 6.07) is 7.57. The van der Waals surface area contributed by atoms with E-state index < -0.39 is 0 Å². The van der Waals surface area contributed by atoms with Crippen LogP contribution in [0.5, 0.6) is 5.75 Å². The summed E-state index contributed by atoms with van der Waals surface area (Å²) in [4.78, 5) is 3.75. The molecule has 4 nitrogen and oxygen atoms in total. The summed E-state index contributed by atoms with van der Waals surface area (Å²) < 4.78 is 6.70. The number of ether oxygens (including phenoxy) is 1. The Morgan fingerprint density at radius 1 is 1.38 bits per heavy atom. The second kappa shape index (κ2) is 3.26. The Balaban J connectivity index is 2.51. The van der Waals surface area contributed by atoms with Gasteiger partial charge >= 0.3 is 0 Å². The summed E-state index contributed by atoms with van der Waals surface area (Å²) in [5.74, 6) is 0.754. The summed E-state index contributed by atoms with van der Waals surface area (Å²) in [6.45, 7) is 0. The summed E-state index contributed by atoms with van der Waals surface area (Å²) in [5.41, 5.74) is 0.836. The van der Waals surface area contributed by atoms with Crippen molar-refractivity contribution in [3.8, 4) is 11.4 Å². The van der Waals surface area contributed by atoms with Crippen LogP contribution in [0.25, 0.3) is 5.69 Å². The molecule has 0 aliphatic rings. The molecule has 2 aromatic rings. The van der Waals surface area contributed by atoms with Gasteiger partial charge in [0.15, 0.2) is 0 Å². The molecule has 4 heteroatoms. The number of benzene rings is 1. The molecule has 1 radical (unpaired) electrons. The minimum atomic E-state index is 0.754. The van der Waals surface area contributed by atoms with Crippen molar-refractivity contribution >= 4 is 0 Å². The van der Waals surface area contributed by atoms with E-state index in [2.05, 4.69) is 16.4 Å². The van der Waals surface area contributed by atoms with Crippen LogP contribution in [0.3, 0.4) is 0 Å². The summed E-state index contributed by atoms with van der Waals surface area (Å²) in [5, 5.41) is 3.97. The van der Waals surface area contributed by atoms with E-state index >= 15 is 0 Å². The maximum Gasteiger partial charge on any atom is 0.201 e. The first-order chi connectivity index (χ1) is 6.42. The summed E-state index contributed by atoms with van der Waals surface area (Å²) >= 11 is 0. The van der Waals surface area contributed by atoms with Crippen molar-refractivity contribution in [1.29, 1.82) is 0 Å². The molecule has 0 N–H and O–H groups in total. The Morgan fingerprint density at radius 2 is 2.23 bits per heavy atom. The van der Waals surface area contributed by atoms with Crippen molar-refractivity contribution in [3.05, 3.63) is 36.9 Å². The lowest BCUT2D eigenvalue weighted by molar-refractivity contribution is 0.411. The second-order valence-corrected chi connectivity index (χ2v) is 2.44. The largest absolute Gasteiger partial charge is 0.494 e. The van der Waals surface area contributed by atoms with Crippen molar-refractivity contribution in [2.45, 2.75) is 0 Å². The van der Waals surface area contributed by atoms with Crippen molar-refractivity contribution in [3.63, 3.8) is 0 Å². The highest BCUT2D eigenvalue weighted by atomic mass is 16.5. The van der Waals surface area contributed by atoms with Crippen molar-refractivity contribution < 1.29 is 4.74 Å². The average molecular weight is 174 g/mol. The first kappa shape index (κ1) is 7.79. The Labute approximate surface area is 75.8 Å². The maximum atomic E-state index is 5.16. The van der Waals surface area contributed by atoms with Gasteiger partial charge in [0.1, 0.15) is 17.8 Å².